The lowest BCUT2D eigenvalue weighted by atomic mass is 9.72. The van der Waals surface area contributed by atoms with Crippen molar-refractivity contribution in [2.45, 2.75) is 53.9 Å². The summed E-state index contributed by atoms with van der Waals surface area (Å²) in [5.74, 6) is 0. The van der Waals surface area contributed by atoms with Crippen molar-refractivity contribution in [3.8, 4) is 0 Å². The van der Waals surface area contributed by atoms with E-state index in [9.17, 15) is 9.18 Å². The summed E-state index contributed by atoms with van der Waals surface area (Å²) < 4.78 is 12.2. The molecule has 0 aromatic rings. The number of allylic oxidation sites excluding steroid dienone is 10. The second kappa shape index (κ2) is 8.07. The van der Waals surface area contributed by atoms with Crippen molar-refractivity contribution in [1.29, 1.82) is 0 Å². The molecule has 1 aliphatic rings. The van der Waals surface area contributed by atoms with Gasteiger partial charge in [0.1, 0.15) is 0 Å². The van der Waals surface area contributed by atoms with Crippen molar-refractivity contribution < 1.29 is 9.18 Å². The van der Waals surface area contributed by atoms with Crippen molar-refractivity contribution in [2.24, 2.45) is 5.41 Å². The Hall–Kier alpha value is -1.70. The smallest absolute Gasteiger partial charge is 0.256 e. The van der Waals surface area contributed by atoms with Gasteiger partial charge in [0.2, 0.25) is 0 Å². The van der Waals surface area contributed by atoms with Crippen LogP contribution in [-0.4, -0.2) is 6.04 Å². The van der Waals surface area contributed by atoms with E-state index < -0.39 is 6.04 Å². The normalized spacial score (nSPS) is 20.3. The minimum atomic E-state index is -1.41. The van der Waals surface area contributed by atoms with Crippen LogP contribution in [-0.2, 0) is 4.79 Å². The first-order valence-electron chi connectivity index (χ1n) is 7.83. The average molecular weight is 302 g/mol. The molecule has 1 nitrogen and oxygen atoms in total. The Kier molecular flexibility index (Phi) is 6.73. The van der Waals surface area contributed by atoms with Crippen LogP contribution in [0, 0.1) is 5.41 Å². The average Bonchev–Trinajstić information content (AvgIpc) is 2.36. The molecule has 1 rings (SSSR count). The molecule has 0 aliphatic heterocycles. The minimum absolute atomic E-state index is 0.246. The molecule has 0 radical (unpaired) electrons. The van der Waals surface area contributed by atoms with Gasteiger partial charge in [-0.1, -0.05) is 55.4 Å². The van der Waals surface area contributed by atoms with Gasteiger partial charge in [-0.25, -0.2) is 0 Å². The maximum atomic E-state index is 12.2. The quantitative estimate of drug-likeness (QED) is 0.345. The summed E-state index contributed by atoms with van der Waals surface area (Å²) in [6.07, 6.45) is 14.5. The van der Waals surface area contributed by atoms with E-state index in [0.717, 1.165) is 11.6 Å². The van der Waals surface area contributed by atoms with Crippen LogP contribution in [0.5, 0.6) is 0 Å². The second-order valence-corrected chi connectivity index (χ2v) is 6.73. The number of carbonyl (C=O) groups is 1. The predicted molar refractivity (Wildman–Crippen MR) is 92.2 cm³/mol. The maximum absolute atomic E-state index is 12.2. The summed E-state index contributed by atoms with van der Waals surface area (Å²) in [5, 5.41) is 0. The van der Waals surface area contributed by atoms with E-state index in [2.05, 4.69) is 32.9 Å². The highest BCUT2D eigenvalue weighted by Gasteiger charge is 2.26. The third kappa shape index (κ3) is 5.97. The highest BCUT2D eigenvalue weighted by molar-refractivity contribution is 5.82. The third-order valence-electron chi connectivity index (χ3n) is 4.11. The first kappa shape index (κ1) is 18.3. The second-order valence-electron chi connectivity index (χ2n) is 6.73. The molecule has 0 saturated heterocycles. The van der Waals surface area contributed by atoms with Crippen LogP contribution in [0.2, 0.25) is 0 Å². The van der Waals surface area contributed by atoms with Gasteiger partial charge in [-0.05, 0) is 56.6 Å². The fraction of sp³-hybridized carbons (Fsp3) is 0.450. The van der Waals surface area contributed by atoms with E-state index in [1.54, 1.807) is 13.0 Å². The van der Waals surface area contributed by atoms with Crippen LogP contribution in [0.25, 0.3) is 0 Å². The number of carbonyl (C=O) groups excluding carboxylic acids is 1. The van der Waals surface area contributed by atoms with E-state index in [0.29, 0.717) is 5.57 Å². The van der Waals surface area contributed by atoms with E-state index in [-0.39, 0.29) is 5.41 Å². The van der Waals surface area contributed by atoms with Crippen LogP contribution in [0.3, 0.4) is 0 Å². The fourth-order valence-corrected chi connectivity index (χ4v) is 2.86. The van der Waals surface area contributed by atoms with Crippen LogP contribution in [0.15, 0.2) is 58.7 Å². The molecule has 0 amide bonds. The molecule has 0 aromatic heterocycles. The molecule has 22 heavy (non-hydrogen) atoms. The van der Waals surface area contributed by atoms with Crippen molar-refractivity contribution >= 4 is 6.04 Å². The Morgan fingerprint density at radius 3 is 2.45 bits per heavy atom. The van der Waals surface area contributed by atoms with Gasteiger partial charge >= 0.3 is 6.04 Å². The van der Waals surface area contributed by atoms with Gasteiger partial charge in [0.05, 0.1) is 0 Å². The Labute approximate surface area is 134 Å². The van der Waals surface area contributed by atoms with Gasteiger partial charge in [-0.3, -0.25) is 4.79 Å². The van der Waals surface area contributed by atoms with Crippen molar-refractivity contribution in [3.05, 3.63) is 58.7 Å². The minimum Gasteiger partial charge on any atom is -0.256 e. The molecular weight excluding hydrogens is 275 g/mol. The topological polar surface area (TPSA) is 17.1 Å². The Morgan fingerprint density at radius 2 is 1.86 bits per heavy atom. The molecular formula is C20H27FO. The molecule has 0 spiro atoms. The molecule has 0 heterocycles. The molecule has 0 saturated carbocycles. The molecule has 0 fully saturated rings. The maximum Gasteiger partial charge on any atom is 0.325 e. The monoisotopic (exact) mass is 302 g/mol. The Balaban J connectivity index is 2.79. The van der Waals surface area contributed by atoms with Crippen LogP contribution >= 0.6 is 0 Å². The van der Waals surface area contributed by atoms with Crippen molar-refractivity contribution in [2.75, 3.05) is 0 Å². The van der Waals surface area contributed by atoms with E-state index in [1.807, 2.05) is 19.1 Å². The number of hydrogen-bond donors (Lipinski definition) is 0. The molecule has 2 heteroatoms. The van der Waals surface area contributed by atoms with E-state index in [1.165, 1.54) is 30.4 Å². The molecule has 0 atom stereocenters. The highest BCUT2D eigenvalue weighted by Crippen LogP contribution is 2.40. The van der Waals surface area contributed by atoms with E-state index in [4.69, 9.17) is 0 Å². The largest absolute Gasteiger partial charge is 0.325 e. The molecule has 120 valence electrons. The summed E-state index contributed by atoms with van der Waals surface area (Å²) in [5.41, 5.74) is 4.89. The van der Waals surface area contributed by atoms with Crippen LogP contribution in [0.4, 0.5) is 4.39 Å². The van der Waals surface area contributed by atoms with Crippen molar-refractivity contribution in [3.63, 3.8) is 0 Å². The number of rotatable bonds is 5. The van der Waals surface area contributed by atoms with Gasteiger partial charge in [0.15, 0.2) is 0 Å². The SMILES string of the molecule is CC(C=CC1=C(C)CCCC1(C)C)=CC=CC(C)=CC(=O)F. The first-order chi connectivity index (χ1) is 10.2. The van der Waals surface area contributed by atoms with Gasteiger partial charge < -0.3 is 0 Å². The zero-order valence-electron chi connectivity index (χ0n) is 14.4. The molecule has 0 bridgehead atoms. The zero-order chi connectivity index (χ0) is 16.8. The summed E-state index contributed by atoms with van der Waals surface area (Å²) >= 11 is 0. The molecule has 0 N–H and O–H groups in total. The standard InChI is InChI=1S/C20H27FO/c1-15(8-6-9-16(2)14-19(21)22)11-12-18-17(3)10-7-13-20(18,4)5/h6,8-9,11-12,14H,7,10,13H2,1-5H3. The first-order valence-corrected chi connectivity index (χ1v) is 7.83. The van der Waals surface area contributed by atoms with Crippen LogP contribution in [0.1, 0.15) is 53.9 Å². The summed E-state index contributed by atoms with van der Waals surface area (Å²) in [6.45, 7) is 10.6. The van der Waals surface area contributed by atoms with Gasteiger partial charge in [0, 0.05) is 6.08 Å². The lowest BCUT2D eigenvalue weighted by Crippen LogP contribution is -2.19. The third-order valence-corrected chi connectivity index (χ3v) is 4.11. The van der Waals surface area contributed by atoms with Crippen molar-refractivity contribution in [1.82, 2.24) is 0 Å². The number of halogens is 1. The Bertz CT molecular complexity index is 569. The van der Waals surface area contributed by atoms with E-state index >= 15 is 0 Å². The lowest BCUT2D eigenvalue weighted by Gasteiger charge is -2.32. The molecule has 0 aromatic carbocycles. The van der Waals surface area contributed by atoms with Gasteiger partial charge in [-0.2, -0.15) is 4.39 Å². The fourth-order valence-electron chi connectivity index (χ4n) is 2.86. The summed E-state index contributed by atoms with van der Waals surface area (Å²) in [4.78, 5) is 10.3. The van der Waals surface area contributed by atoms with Crippen LogP contribution < -0.4 is 0 Å². The molecule has 1 aliphatic carbocycles. The Morgan fingerprint density at radius 1 is 1.18 bits per heavy atom. The highest BCUT2D eigenvalue weighted by atomic mass is 19.1. The van der Waals surface area contributed by atoms with Gasteiger partial charge in [0.25, 0.3) is 0 Å². The lowest BCUT2D eigenvalue weighted by molar-refractivity contribution is -0.124. The summed E-state index contributed by atoms with van der Waals surface area (Å²) in [6, 6.07) is -1.41. The molecule has 0 unspecified atom stereocenters. The number of hydrogen-bond acceptors (Lipinski definition) is 1. The zero-order valence-corrected chi connectivity index (χ0v) is 14.4. The predicted octanol–water partition coefficient (Wildman–Crippen LogP) is 6.01. The van der Waals surface area contributed by atoms with Gasteiger partial charge in [-0.15, -0.1) is 0 Å². The summed E-state index contributed by atoms with van der Waals surface area (Å²) in [7, 11) is 0.